The lowest BCUT2D eigenvalue weighted by Gasteiger charge is -2.10. The van der Waals surface area contributed by atoms with Crippen LogP contribution >= 0.6 is 0 Å². The van der Waals surface area contributed by atoms with E-state index >= 15 is 0 Å². The highest BCUT2D eigenvalue weighted by atomic mass is 16.5. The number of nitrogens with one attached hydrogen (secondary N) is 1. The number of pyridine rings is 1. The lowest BCUT2D eigenvalue weighted by Crippen LogP contribution is -2.19. The van der Waals surface area contributed by atoms with Crippen LogP contribution in [0.2, 0.25) is 0 Å². The van der Waals surface area contributed by atoms with Gasteiger partial charge < -0.3 is 10.1 Å². The van der Waals surface area contributed by atoms with E-state index in [1.807, 2.05) is 19.1 Å². The predicted molar refractivity (Wildman–Crippen MR) is 86.3 cm³/mol. The number of hydrogen-bond donors (Lipinski definition) is 1. The minimum atomic E-state index is 0.572. The van der Waals surface area contributed by atoms with Gasteiger partial charge in [0.05, 0.1) is 6.20 Å². The van der Waals surface area contributed by atoms with Gasteiger partial charge >= 0.3 is 0 Å². The normalized spacial score (nSPS) is 10.9. The molecule has 3 nitrogen and oxygen atoms in total. The molecule has 3 heteroatoms. The highest BCUT2D eigenvalue weighted by molar-refractivity contribution is 5.24. The number of aryl methyl sites for hydroxylation is 1. The van der Waals surface area contributed by atoms with Crippen molar-refractivity contribution in [3.63, 3.8) is 0 Å². The molecular formula is C18H24N2O. The Morgan fingerprint density at radius 1 is 1.14 bits per heavy atom. The molecule has 0 aliphatic rings. The average molecular weight is 284 g/mol. The number of rotatable bonds is 7. The second-order valence-corrected chi connectivity index (χ2v) is 5.77. The second-order valence-electron chi connectivity index (χ2n) is 5.77. The van der Waals surface area contributed by atoms with Crippen molar-refractivity contribution in [2.75, 3.05) is 6.54 Å². The largest absolute Gasteiger partial charge is 0.487 e. The molecule has 21 heavy (non-hydrogen) atoms. The number of ether oxygens (including phenoxy) is 1. The summed E-state index contributed by atoms with van der Waals surface area (Å²) in [5.74, 6) is 1.48. The maximum absolute atomic E-state index is 5.76. The molecular weight excluding hydrogens is 260 g/mol. The van der Waals surface area contributed by atoms with Crippen molar-refractivity contribution >= 4 is 0 Å². The van der Waals surface area contributed by atoms with E-state index in [0.29, 0.717) is 12.5 Å². The minimum absolute atomic E-state index is 0.572. The summed E-state index contributed by atoms with van der Waals surface area (Å²) in [6.45, 7) is 8.91. The predicted octanol–water partition coefficient (Wildman–Crippen LogP) is 3.71. The summed E-state index contributed by atoms with van der Waals surface area (Å²) >= 11 is 0. The average Bonchev–Trinajstić information content (AvgIpc) is 2.47. The summed E-state index contributed by atoms with van der Waals surface area (Å²) in [5.41, 5.74) is 3.47. The monoisotopic (exact) mass is 284 g/mol. The fraction of sp³-hybridized carbons (Fsp3) is 0.389. The molecule has 0 spiro atoms. The first kappa shape index (κ1) is 15.5. The fourth-order valence-electron chi connectivity index (χ4n) is 2.04. The SMILES string of the molecule is Cc1ccc(OCc2cccc(CNCC(C)C)c2)cn1. The molecule has 112 valence electrons. The van der Waals surface area contributed by atoms with E-state index in [-0.39, 0.29) is 0 Å². The molecule has 0 aliphatic carbocycles. The number of aromatic nitrogens is 1. The van der Waals surface area contributed by atoms with Crippen LogP contribution in [0.5, 0.6) is 5.75 Å². The molecule has 0 saturated heterocycles. The fourth-order valence-corrected chi connectivity index (χ4v) is 2.04. The van der Waals surface area contributed by atoms with Crippen LogP contribution in [-0.2, 0) is 13.2 Å². The highest BCUT2D eigenvalue weighted by Gasteiger charge is 2.00. The van der Waals surface area contributed by atoms with Crippen molar-refractivity contribution in [3.05, 3.63) is 59.4 Å². The van der Waals surface area contributed by atoms with Gasteiger partial charge in [-0.15, -0.1) is 0 Å². The smallest absolute Gasteiger partial charge is 0.138 e. The zero-order valence-corrected chi connectivity index (χ0v) is 13.1. The van der Waals surface area contributed by atoms with Gasteiger partial charge in [-0.25, -0.2) is 0 Å². The molecule has 1 N–H and O–H groups in total. The lowest BCUT2D eigenvalue weighted by atomic mass is 10.1. The van der Waals surface area contributed by atoms with Gasteiger partial charge in [-0.05, 0) is 42.6 Å². The van der Waals surface area contributed by atoms with E-state index < -0.39 is 0 Å². The summed E-state index contributed by atoms with van der Waals surface area (Å²) in [6.07, 6.45) is 1.77. The summed E-state index contributed by atoms with van der Waals surface area (Å²) in [6, 6.07) is 12.4. The van der Waals surface area contributed by atoms with Gasteiger partial charge in [-0.3, -0.25) is 4.98 Å². The standard InChI is InChI=1S/C18H24N2O/c1-14(2)10-19-11-16-5-4-6-17(9-16)13-21-18-8-7-15(3)20-12-18/h4-9,12,14,19H,10-11,13H2,1-3H3. The van der Waals surface area contributed by atoms with Crippen LogP contribution in [-0.4, -0.2) is 11.5 Å². The van der Waals surface area contributed by atoms with E-state index in [2.05, 4.69) is 48.4 Å². The van der Waals surface area contributed by atoms with E-state index in [1.54, 1.807) is 6.20 Å². The Bertz CT molecular complexity index is 549. The maximum Gasteiger partial charge on any atom is 0.138 e. The Morgan fingerprint density at radius 3 is 2.67 bits per heavy atom. The first-order chi connectivity index (χ1) is 10.1. The molecule has 0 atom stereocenters. The lowest BCUT2D eigenvalue weighted by molar-refractivity contribution is 0.304. The third kappa shape index (κ3) is 5.56. The second kappa shape index (κ2) is 7.79. The van der Waals surface area contributed by atoms with Gasteiger partial charge in [-0.1, -0.05) is 38.1 Å². The Morgan fingerprint density at radius 2 is 1.95 bits per heavy atom. The Balaban J connectivity index is 1.87. The van der Waals surface area contributed by atoms with Crippen LogP contribution in [0.3, 0.4) is 0 Å². The third-order valence-electron chi connectivity index (χ3n) is 3.16. The molecule has 1 heterocycles. The number of nitrogens with zero attached hydrogens (tertiary/aromatic N) is 1. The molecule has 0 bridgehead atoms. The van der Waals surface area contributed by atoms with E-state index in [9.17, 15) is 0 Å². The molecule has 0 fully saturated rings. The Hall–Kier alpha value is -1.87. The zero-order valence-electron chi connectivity index (χ0n) is 13.1. The first-order valence-electron chi connectivity index (χ1n) is 7.47. The minimum Gasteiger partial charge on any atom is -0.487 e. The van der Waals surface area contributed by atoms with Gasteiger partial charge in [0.15, 0.2) is 0 Å². The molecule has 2 aromatic rings. The van der Waals surface area contributed by atoms with Crippen LogP contribution in [0, 0.1) is 12.8 Å². The quantitative estimate of drug-likeness (QED) is 0.841. The van der Waals surface area contributed by atoms with Gasteiger partial charge in [0.2, 0.25) is 0 Å². The van der Waals surface area contributed by atoms with Crippen molar-refractivity contribution < 1.29 is 4.74 Å². The summed E-state index contributed by atoms with van der Waals surface area (Å²) < 4.78 is 5.76. The summed E-state index contributed by atoms with van der Waals surface area (Å²) in [7, 11) is 0. The number of hydrogen-bond acceptors (Lipinski definition) is 3. The molecule has 1 aromatic carbocycles. The van der Waals surface area contributed by atoms with Gasteiger partial charge in [-0.2, -0.15) is 0 Å². The molecule has 0 amide bonds. The van der Waals surface area contributed by atoms with Crippen LogP contribution in [0.1, 0.15) is 30.7 Å². The molecule has 0 saturated carbocycles. The molecule has 0 radical (unpaired) electrons. The molecule has 0 aliphatic heterocycles. The van der Waals surface area contributed by atoms with Gasteiger partial charge in [0.25, 0.3) is 0 Å². The zero-order chi connectivity index (χ0) is 15.1. The first-order valence-corrected chi connectivity index (χ1v) is 7.47. The van der Waals surface area contributed by atoms with Crippen molar-refractivity contribution in [2.45, 2.75) is 33.9 Å². The maximum atomic E-state index is 5.76. The van der Waals surface area contributed by atoms with Crippen LogP contribution < -0.4 is 10.1 Å². The molecule has 1 aromatic heterocycles. The van der Waals surface area contributed by atoms with Crippen LogP contribution in [0.15, 0.2) is 42.6 Å². The third-order valence-corrected chi connectivity index (χ3v) is 3.16. The highest BCUT2D eigenvalue weighted by Crippen LogP contribution is 2.12. The topological polar surface area (TPSA) is 34.1 Å². The van der Waals surface area contributed by atoms with Gasteiger partial charge in [0, 0.05) is 12.2 Å². The Labute approximate surface area is 127 Å². The van der Waals surface area contributed by atoms with Crippen LogP contribution in [0.4, 0.5) is 0 Å². The number of benzene rings is 1. The molecule has 0 unspecified atom stereocenters. The van der Waals surface area contributed by atoms with Crippen molar-refractivity contribution in [2.24, 2.45) is 5.92 Å². The van der Waals surface area contributed by atoms with Crippen molar-refractivity contribution in [1.82, 2.24) is 10.3 Å². The van der Waals surface area contributed by atoms with Crippen molar-refractivity contribution in [3.8, 4) is 5.75 Å². The summed E-state index contributed by atoms with van der Waals surface area (Å²) in [5, 5.41) is 3.46. The van der Waals surface area contributed by atoms with Crippen LogP contribution in [0.25, 0.3) is 0 Å². The van der Waals surface area contributed by atoms with E-state index in [4.69, 9.17) is 4.74 Å². The Kier molecular flexibility index (Phi) is 5.76. The van der Waals surface area contributed by atoms with E-state index in [1.165, 1.54) is 11.1 Å². The molecule has 2 rings (SSSR count). The summed E-state index contributed by atoms with van der Waals surface area (Å²) in [4.78, 5) is 4.23. The van der Waals surface area contributed by atoms with Crippen molar-refractivity contribution in [1.29, 1.82) is 0 Å². The van der Waals surface area contributed by atoms with Gasteiger partial charge in [0.1, 0.15) is 12.4 Å². The van der Waals surface area contributed by atoms with E-state index in [0.717, 1.165) is 24.5 Å².